The normalized spacial score (nSPS) is 12.5. The van der Waals surface area contributed by atoms with E-state index in [0.717, 1.165) is 23.8 Å². The van der Waals surface area contributed by atoms with Crippen molar-refractivity contribution in [3.63, 3.8) is 0 Å². The van der Waals surface area contributed by atoms with Gasteiger partial charge in [0.1, 0.15) is 11.5 Å². The Morgan fingerprint density at radius 1 is 1.19 bits per heavy atom. The highest BCUT2D eigenvalue weighted by Gasteiger charge is 2.06. The Bertz CT molecular complexity index is 683. The molecule has 0 saturated carbocycles. The summed E-state index contributed by atoms with van der Waals surface area (Å²) in [7, 11) is 0. The molecule has 0 fully saturated rings. The number of imidazole rings is 1. The number of aryl methyl sites for hydroxylation is 1. The highest BCUT2D eigenvalue weighted by Crippen LogP contribution is 2.16. The quantitative estimate of drug-likeness (QED) is 0.776. The van der Waals surface area contributed by atoms with Crippen LogP contribution in [0.5, 0.6) is 0 Å². The molecule has 0 amide bonds. The van der Waals surface area contributed by atoms with Crippen LogP contribution in [0.2, 0.25) is 0 Å². The average Bonchev–Trinajstić information content (AvgIpc) is 3.16. The summed E-state index contributed by atoms with van der Waals surface area (Å²) in [6.07, 6.45) is 5.52. The maximum atomic E-state index is 5.57. The van der Waals surface area contributed by atoms with Crippen LogP contribution < -0.4 is 5.32 Å². The summed E-state index contributed by atoms with van der Waals surface area (Å²) >= 11 is 0. The van der Waals surface area contributed by atoms with Crippen molar-refractivity contribution < 1.29 is 4.42 Å². The van der Waals surface area contributed by atoms with E-state index in [1.807, 2.05) is 29.8 Å². The Balaban J connectivity index is 1.63. The zero-order chi connectivity index (χ0) is 14.7. The van der Waals surface area contributed by atoms with Gasteiger partial charge in [-0.2, -0.15) is 0 Å². The molecule has 1 atom stereocenters. The second-order valence-electron chi connectivity index (χ2n) is 5.18. The molecule has 2 heterocycles. The van der Waals surface area contributed by atoms with Crippen LogP contribution in [0.4, 0.5) is 0 Å². The molecule has 0 saturated heterocycles. The van der Waals surface area contributed by atoms with E-state index in [4.69, 9.17) is 4.42 Å². The Kier molecular flexibility index (Phi) is 3.88. The molecule has 0 radical (unpaired) electrons. The third-order valence-corrected chi connectivity index (χ3v) is 3.57. The summed E-state index contributed by atoms with van der Waals surface area (Å²) < 4.78 is 7.56. The molecule has 0 aliphatic rings. The van der Waals surface area contributed by atoms with Gasteiger partial charge in [0.2, 0.25) is 0 Å². The third-order valence-electron chi connectivity index (χ3n) is 3.57. The number of nitrogens with one attached hydrogen (secondary N) is 1. The molecule has 2 aromatic heterocycles. The number of rotatable bonds is 5. The van der Waals surface area contributed by atoms with Crippen LogP contribution in [0.25, 0.3) is 5.69 Å². The minimum absolute atomic E-state index is 0.271. The van der Waals surface area contributed by atoms with Crippen LogP contribution in [-0.4, -0.2) is 9.55 Å². The van der Waals surface area contributed by atoms with Gasteiger partial charge in [-0.05, 0) is 43.7 Å². The van der Waals surface area contributed by atoms with Crippen LogP contribution in [0.15, 0.2) is 59.5 Å². The molecule has 21 heavy (non-hydrogen) atoms. The molecule has 3 rings (SSSR count). The summed E-state index contributed by atoms with van der Waals surface area (Å²) in [5, 5.41) is 3.47. The lowest BCUT2D eigenvalue weighted by Crippen LogP contribution is -2.17. The van der Waals surface area contributed by atoms with E-state index in [1.54, 1.807) is 12.5 Å². The fraction of sp³-hybridized carbons (Fsp3) is 0.235. The Morgan fingerprint density at radius 3 is 2.62 bits per heavy atom. The molecule has 0 aliphatic heterocycles. The van der Waals surface area contributed by atoms with Crippen molar-refractivity contribution in [2.45, 2.75) is 26.4 Å². The zero-order valence-electron chi connectivity index (χ0n) is 12.3. The fourth-order valence-corrected chi connectivity index (χ4v) is 2.30. The van der Waals surface area contributed by atoms with Gasteiger partial charge < -0.3 is 14.3 Å². The molecular formula is C17H19N3O. The van der Waals surface area contributed by atoms with Crippen molar-refractivity contribution in [1.82, 2.24) is 14.9 Å². The number of furan rings is 1. The van der Waals surface area contributed by atoms with E-state index in [0.29, 0.717) is 0 Å². The molecule has 0 aliphatic carbocycles. The zero-order valence-corrected chi connectivity index (χ0v) is 12.3. The van der Waals surface area contributed by atoms with Crippen molar-refractivity contribution in [3.8, 4) is 5.69 Å². The van der Waals surface area contributed by atoms with Crippen molar-refractivity contribution in [3.05, 3.63) is 72.2 Å². The van der Waals surface area contributed by atoms with E-state index in [-0.39, 0.29) is 6.04 Å². The summed E-state index contributed by atoms with van der Waals surface area (Å²) in [5.74, 6) is 1.92. The second-order valence-corrected chi connectivity index (χ2v) is 5.18. The summed E-state index contributed by atoms with van der Waals surface area (Å²) in [6.45, 7) is 4.85. The maximum absolute atomic E-state index is 5.57. The van der Waals surface area contributed by atoms with Crippen LogP contribution in [0, 0.1) is 6.92 Å². The van der Waals surface area contributed by atoms with Crippen molar-refractivity contribution in [1.29, 1.82) is 0 Å². The summed E-state index contributed by atoms with van der Waals surface area (Å²) in [4.78, 5) is 4.06. The predicted molar refractivity (Wildman–Crippen MR) is 82.3 cm³/mol. The number of aromatic nitrogens is 2. The standard InChI is InChI=1S/C17H19N3O/c1-13-3-8-17(21-13)11-19-14(2)15-4-6-16(7-5-15)20-10-9-18-12-20/h3-10,12,14,19H,11H2,1-2H3. The molecule has 4 heteroatoms. The Hall–Kier alpha value is -2.33. The van der Waals surface area contributed by atoms with Gasteiger partial charge in [0.25, 0.3) is 0 Å². The van der Waals surface area contributed by atoms with E-state index in [1.165, 1.54) is 5.56 Å². The number of nitrogens with zero attached hydrogens (tertiary/aromatic N) is 2. The third kappa shape index (κ3) is 3.23. The van der Waals surface area contributed by atoms with E-state index in [9.17, 15) is 0 Å². The molecule has 4 nitrogen and oxygen atoms in total. The van der Waals surface area contributed by atoms with Gasteiger partial charge in [-0.3, -0.25) is 0 Å². The fourth-order valence-electron chi connectivity index (χ4n) is 2.30. The smallest absolute Gasteiger partial charge is 0.117 e. The number of hydrogen-bond donors (Lipinski definition) is 1. The van der Waals surface area contributed by atoms with Crippen LogP contribution in [0.3, 0.4) is 0 Å². The number of hydrogen-bond acceptors (Lipinski definition) is 3. The van der Waals surface area contributed by atoms with E-state index in [2.05, 4.69) is 41.5 Å². The topological polar surface area (TPSA) is 43.0 Å². The second kappa shape index (κ2) is 5.97. The molecule has 108 valence electrons. The highest BCUT2D eigenvalue weighted by atomic mass is 16.3. The SMILES string of the molecule is Cc1ccc(CNC(C)c2ccc(-n3ccnc3)cc2)o1. The summed E-state index contributed by atoms with van der Waals surface area (Å²) in [5.41, 5.74) is 2.37. The van der Waals surface area contributed by atoms with E-state index >= 15 is 0 Å². The van der Waals surface area contributed by atoms with Gasteiger partial charge in [-0.1, -0.05) is 12.1 Å². The monoisotopic (exact) mass is 281 g/mol. The molecule has 0 spiro atoms. The van der Waals surface area contributed by atoms with Gasteiger partial charge in [-0.15, -0.1) is 0 Å². The van der Waals surface area contributed by atoms with Gasteiger partial charge in [0.05, 0.1) is 12.9 Å². The van der Waals surface area contributed by atoms with Gasteiger partial charge >= 0.3 is 0 Å². The minimum atomic E-state index is 0.271. The van der Waals surface area contributed by atoms with Crippen LogP contribution >= 0.6 is 0 Å². The Morgan fingerprint density at radius 2 is 2.00 bits per heavy atom. The van der Waals surface area contributed by atoms with Crippen LogP contribution in [-0.2, 0) is 6.54 Å². The maximum Gasteiger partial charge on any atom is 0.117 e. The molecule has 1 unspecified atom stereocenters. The molecule has 0 bridgehead atoms. The molecule has 3 aromatic rings. The molecule has 1 N–H and O–H groups in total. The first kappa shape index (κ1) is 13.6. The lowest BCUT2D eigenvalue weighted by Gasteiger charge is -2.14. The van der Waals surface area contributed by atoms with Crippen molar-refractivity contribution in [2.24, 2.45) is 0 Å². The van der Waals surface area contributed by atoms with E-state index < -0.39 is 0 Å². The van der Waals surface area contributed by atoms with Gasteiger partial charge in [0.15, 0.2) is 0 Å². The first-order valence-electron chi connectivity index (χ1n) is 7.09. The largest absolute Gasteiger partial charge is 0.465 e. The average molecular weight is 281 g/mol. The molecular weight excluding hydrogens is 262 g/mol. The van der Waals surface area contributed by atoms with Gasteiger partial charge in [-0.25, -0.2) is 4.98 Å². The lowest BCUT2D eigenvalue weighted by atomic mass is 10.1. The van der Waals surface area contributed by atoms with Gasteiger partial charge in [0, 0.05) is 24.1 Å². The Labute approximate surface area is 124 Å². The highest BCUT2D eigenvalue weighted by molar-refractivity contribution is 5.35. The predicted octanol–water partition coefficient (Wildman–Crippen LogP) is 3.62. The minimum Gasteiger partial charge on any atom is -0.465 e. The van der Waals surface area contributed by atoms with Crippen molar-refractivity contribution in [2.75, 3.05) is 0 Å². The lowest BCUT2D eigenvalue weighted by molar-refractivity contribution is 0.444. The summed E-state index contributed by atoms with van der Waals surface area (Å²) in [6, 6.07) is 12.8. The number of benzene rings is 1. The first-order valence-corrected chi connectivity index (χ1v) is 7.09. The van der Waals surface area contributed by atoms with Crippen molar-refractivity contribution >= 4 is 0 Å². The van der Waals surface area contributed by atoms with Crippen LogP contribution in [0.1, 0.15) is 30.0 Å². The first-order chi connectivity index (χ1) is 10.2. The molecule has 1 aromatic carbocycles.